The summed E-state index contributed by atoms with van der Waals surface area (Å²) in [4.78, 5) is 12.0. The second kappa shape index (κ2) is 6.88. The molecule has 3 rings (SSSR count). The molecule has 0 fully saturated rings. The zero-order valence-electron chi connectivity index (χ0n) is 11.0. The van der Waals surface area contributed by atoms with Gasteiger partial charge in [0.15, 0.2) is 0 Å². The number of fused-ring (bicyclic) bond motifs is 1. The molecule has 1 aliphatic heterocycles. The average Bonchev–Trinajstić information content (AvgIpc) is 3.08. The van der Waals surface area contributed by atoms with Crippen LogP contribution in [0, 0.1) is 0 Å². The molecule has 5 heteroatoms. The van der Waals surface area contributed by atoms with Gasteiger partial charge in [-0.05, 0) is 52.1 Å². The van der Waals surface area contributed by atoms with Crippen molar-refractivity contribution >= 4 is 29.7 Å². The van der Waals surface area contributed by atoms with Gasteiger partial charge in [0.25, 0.3) is 5.91 Å². The van der Waals surface area contributed by atoms with Crippen LogP contribution in [0.25, 0.3) is 0 Å². The Kier molecular flexibility index (Phi) is 5.17. The predicted octanol–water partition coefficient (Wildman–Crippen LogP) is 2.75. The van der Waals surface area contributed by atoms with Crippen LogP contribution in [0.15, 0.2) is 35.0 Å². The number of halogens is 1. The first-order valence-corrected chi connectivity index (χ1v) is 7.39. The summed E-state index contributed by atoms with van der Waals surface area (Å²) in [6.45, 7) is 2.46. The van der Waals surface area contributed by atoms with Crippen molar-refractivity contribution in [2.24, 2.45) is 0 Å². The molecule has 2 aromatic rings. The van der Waals surface area contributed by atoms with Crippen molar-refractivity contribution < 1.29 is 4.79 Å². The van der Waals surface area contributed by atoms with Crippen molar-refractivity contribution in [2.45, 2.75) is 19.5 Å². The molecule has 1 aliphatic rings. The lowest BCUT2D eigenvalue weighted by molar-refractivity contribution is 0.0954. The maximum absolute atomic E-state index is 12.0. The first kappa shape index (κ1) is 15.0. The van der Waals surface area contributed by atoms with Gasteiger partial charge in [-0.25, -0.2) is 0 Å². The number of carbonyl (C=O) groups is 1. The van der Waals surface area contributed by atoms with Gasteiger partial charge in [-0.3, -0.25) is 4.79 Å². The molecule has 0 saturated heterocycles. The molecule has 0 bridgehead atoms. The fourth-order valence-corrected chi connectivity index (χ4v) is 3.00. The Balaban J connectivity index is 0.00000147. The van der Waals surface area contributed by atoms with Crippen molar-refractivity contribution in [1.82, 2.24) is 10.6 Å². The summed E-state index contributed by atoms with van der Waals surface area (Å²) < 4.78 is 0. The second-order valence-corrected chi connectivity index (χ2v) is 5.50. The number of hydrogen-bond acceptors (Lipinski definition) is 3. The molecular formula is C15H17ClN2OS. The maximum atomic E-state index is 12.0. The van der Waals surface area contributed by atoms with Gasteiger partial charge in [-0.1, -0.05) is 6.07 Å². The van der Waals surface area contributed by atoms with Gasteiger partial charge in [0, 0.05) is 25.2 Å². The molecule has 1 amide bonds. The number of carbonyl (C=O) groups excluding carboxylic acids is 1. The van der Waals surface area contributed by atoms with E-state index in [2.05, 4.69) is 27.5 Å². The molecule has 3 nitrogen and oxygen atoms in total. The number of benzene rings is 1. The third-order valence-corrected chi connectivity index (χ3v) is 4.11. The van der Waals surface area contributed by atoms with E-state index in [0.29, 0.717) is 6.54 Å². The highest BCUT2D eigenvalue weighted by molar-refractivity contribution is 7.07. The fraction of sp³-hybridized carbons (Fsp3) is 0.267. The minimum atomic E-state index is 0. The molecule has 0 radical (unpaired) electrons. The van der Waals surface area contributed by atoms with Crippen LogP contribution < -0.4 is 10.6 Å². The Labute approximate surface area is 128 Å². The molecule has 1 aromatic carbocycles. The van der Waals surface area contributed by atoms with Gasteiger partial charge in [0.05, 0.1) is 0 Å². The normalized spacial score (nSPS) is 12.6. The van der Waals surface area contributed by atoms with Gasteiger partial charge >= 0.3 is 0 Å². The van der Waals surface area contributed by atoms with Crippen molar-refractivity contribution in [1.29, 1.82) is 0 Å². The third-order valence-electron chi connectivity index (χ3n) is 3.38. The average molecular weight is 309 g/mol. The highest BCUT2D eigenvalue weighted by Gasteiger charge is 2.13. The molecule has 20 heavy (non-hydrogen) atoms. The van der Waals surface area contributed by atoms with Crippen LogP contribution in [-0.2, 0) is 19.5 Å². The smallest absolute Gasteiger partial charge is 0.251 e. The minimum Gasteiger partial charge on any atom is -0.352 e. The molecule has 0 unspecified atom stereocenters. The molecule has 0 aliphatic carbocycles. The Morgan fingerprint density at radius 2 is 2.10 bits per heavy atom. The lowest BCUT2D eigenvalue weighted by Gasteiger charge is -2.06. The summed E-state index contributed by atoms with van der Waals surface area (Å²) in [5.74, 6) is 0.0185. The summed E-state index contributed by atoms with van der Waals surface area (Å²) in [5, 5.41) is 10.4. The summed E-state index contributed by atoms with van der Waals surface area (Å²) in [7, 11) is 0. The molecule has 1 aromatic heterocycles. The molecule has 2 N–H and O–H groups in total. The Hall–Kier alpha value is -1.36. The minimum absolute atomic E-state index is 0. The lowest BCUT2D eigenvalue weighted by atomic mass is 10.1. The van der Waals surface area contributed by atoms with E-state index in [1.807, 2.05) is 18.2 Å². The van der Waals surface area contributed by atoms with E-state index in [4.69, 9.17) is 0 Å². The van der Waals surface area contributed by atoms with E-state index >= 15 is 0 Å². The third kappa shape index (κ3) is 3.39. The van der Waals surface area contributed by atoms with Crippen molar-refractivity contribution in [3.8, 4) is 0 Å². The summed E-state index contributed by atoms with van der Waals surface area (Å²) in [6.07, 6.45) is 0.891. The Morgan fingerprint density at radius 3 is 2.90 bits per heavy atom. The van der Waals surface area contributed by atoms with E-state index in [9.17, 15) is 4.79 Å². The Morgan fingerprint density at radius 1 is 1.25 bits per heavy atom. The highest BCUT2D eigenvalue weighted by atomic mass is 35.5. The van der Waals surface area contributed by atoms with E-state index in [1.54, 1.807) is 11.3 Å². The Bertz CT molecular complexity index is 584. The van der Waals surface area contributed by atoms with Crippen LogP contribution in [-0.4, -0.2) is 12.5 Å². The number of nitrogens with one attached hydrogen (secondary N) is 2. The molecule has 0 spiro atoms. The zero-order valence-corrected chi connectivity index (χ0v) is 12.7. The number of amides is 1. The quantitative estimate of drug-likeness (QED) is 0.912. The number of hydrogen-bond donors (Lipinski definition) is 2. The van der Waals surface area contributed by atoms with Crippen molar-refractivity contribution in [2.75, 3.05) is 6.54 Å². The van der Waals surface area contributed by atoms with Gasteiger partial charge in [-0.2, -0.15) is 11.3 Å². The standard InChI is InChI=1S/C15H16N2OS.ClH/c18-15(17-5-3-11-4-6-19-10-11)12-1-2-13-8-16-9-14(13)7-12;/h1-2,4,6-7,10,16H,3,5,8-9H2,(H,17,18);1H. The first-order chi connectivity index (χ1) is 9.33. The van der Waals surface area contributed by atoms with Crippen LogP contribution in [0.2, 0.25) is 0 Å². The van der Waals surface area contributed by atoms with Crippen LogP contribution in [0.4, 0.5) is 0 Å². The highest BCUT2D eigenvalue weighted by Crippen LogP contribution is 2.17. The first-order valence-electron chi connectivity index (χ1n) is 6.45. The van der Waals surface area contributed by atoms with E-state index in [-0.39, 0.29) is 18.3 Å². The van der Waals surface area contributed by atoms with E-state index in [1.165, 1.54) is 16.7 Å². The topological polar surface area (TPSA) is 41.1 Å². The number of thiophene rings is 1. The van der Waals surface area contributed by atoms with E-state index < -0.39 is 0 Å². The van der Waals surface area contributed by atoms with Crippen LogP contribution in [0.5, 0.6) is 0 Å². The van der Waals surface area contributed by atoms with Gasteiger partial charge in [-0.15, -0.1) is 12.4 Å². The summed E-state index contributed by atoms with van der Waals surface area (Å²) >= 11 is 1.69. The molecule has 0 atom stereocenters. The number of rotatable bonds is 4. The monoisotopic (exact) mass is 308 g/mol. The maximum Gasteiger partial charge on any atom is 0.251 e. The van der Waals surface area contributed by atoms with Crippen LogP contribution in [0.3, 0.4) is 0 Å². The fourth-order valence-electron chi connectivity index (χ4n) is 2.29. The van der Waals surface area contributed by atoms with Crippen LogP contribution in [0.1, 0.15) is 27.0 Å². The van der Waals surface area contributed by atoms with Gasteiger partial charge in [0.1, 0.15) is 0 Å². The SMILES string of the molecule is Cl.O=C(NCCc1ccsc1)c1ccc2c(c1)CNC2. The lowest BCUT2D eigenvalue weighted by Crippen LogP contribution is -2.25. The molecule has 2 heterocycles. The molecule has 106 valence electrons. The van der Waals surface area contributed by atoms with Gasteiger partial charge in [0.2, 0.25) is 0 Å². The van der Waals surface area contributed by atoms with Gasteiger partial charge < -0.3 is 10.6 Å². The predicted molar refractivity (Wildman–Crippen MR) is 84.6 cm³/mol. The van der Waals surface area contributed by atoms with Crippen molar-refractivity contribution in [3.05, 3.63) is 57.3 Å². The summed E-state index contributed by atoms with van der Waals surface area (Å²) in [6, 6.07) is 8.04. The summed E-state index contributed by atoms with van der Waals surface area (Å²) in [5.41, 5.74) is 4.58. The molecule has 0 saturated carbocycles. The second-order valence-electron chi connectivity index (χ2n) is 4.72. The van der Waals surface area contributed by atoms with Crippen LogP contribution >= 0.6 is 23.7 Å². The zero-order chi connectivity index (χ0) is 13.1. The van der Waals surface area contributed by atoms with E-state index in [0.717, 1.165) is 25.1 Å². The largest absolute Gasteiger partial charge is 0.352 e. The van der Waals surface area contributed by atoms with Crippen molar-refractivity contribution in [3.63, 3.8) is 0 Å². The molecular weight excluding hydrogens is 292 g/mol.